The molecule has 3 heterocycles. The molecule has 0 unspecified atom stereocenters. The minimum absolute atomic E-state index is 0.0650. The van der Waals surface area contributed by atoms with Crippen molar-refractivity contribution in [2.45, 2.75) is 19.4 Å². The Morgan fingerprint density at radius 2 is 2.09 bits per heavy atom. The first kappa shape index (κ1) is 15.7. The normalized spacial score (nSPS) is 10.8. The molecule has 0 spiro atoms. The second kappa shape index (κ2) is 6.93. The molecule has 3 rings (SSSR count). The van der Waals surface area contributed by atoms with Crippen LogP contribution in [0.3, 0.4) is 0 Å². The molecule has 0 aliphatic carbocycles. The van der Waals surface area contributed by atoms with Crippen LogP contribution in [0.2, 0.25) is 4.34 Å². The van der Waals surface area contributed by atoms with Crippen LogP contribution in [0.1, 0.15) is 28.2 Å². The number of carbonyl (C=O) groups is 2. The van der Waals surface area contributed by atoms with Gasteiger partial charge in [0.2, 0.25) is 5.91 Å². The molecule has 0 bridgehead atoms. The minimum atomic E-state index is -0.168. The summed E-state index contributed by atoms with van der Waals surface area (Å²) in [4.78, 5) is 28.7. The highest BCUT2D eigenvalue weighted by molar-refractivity contribution is 7.18. The number of imidazole rings is 1. The molecule has 0 atom stereocenters. The maximum absolute atomic E-state index is 11.9. The van der Waals surface area contributed by atoms with E-state index in [0.717, 1.165) is 11.3 Å². The molecule has 0 aliphatic heterocycles. The highest BCUT2D eigenvalue weighted by atomic mass is 35.5. The predicted molar refractivity (Wildman–Crippen MR) is 89.9 cm³/mol. The Morgan fingerprint density at radius 3 is 2.83 bits per heavy atom. The number of hydrogen-bond donors (Lipinski definition) is 1. The summed E-state index contributed by atoms with van der Waals surface area (Å²) in [5.41, 5.74) is 1.61. The highest BCUT2D eigenvalue weighted by Crippen LogP contribution is 2.22. The van der Waals surface area contributed by atoms with Crippen LogP contribution >= 0.6 is 22.9 Å². The van der Waals surface area contributed by atoms with Gasteiger partial charge in [0.05, 0.1) is 21.5 Å². The molecule has 3 aromatic rings. The van der Waals surface area contributed by atoms with E-state index in [9.17, 15) is 9.59 Å². The first-order valence-electron chi connectivity index (χ1n) is 7.09. The number of rotatable bonds is 6. The summed E-state index contributed by atoms with van der Waals surface area (Å²) in [5.74, 6) is -0.233. The largest absolute Gasteiger partial charge is 0.350 e. The molecule has 118 valence electrons. The van der Waals surface area contributed by atoms with Gasteiger partial charge in [-0.05, 0) is 24.3 Å². The fourth-order valence-corrected chi connectivity index (χ4v) is 3.17. The van der Waals surface area contributed by atoms with E-state index in [4.69, 9.17) is 11.6 Å². The van der Waals surface area contributed by atoms with E-state index in [1.807, 2.05) is 35.0 Å². The molecule has 23 heavy (non-hydrogen) atoms. The van der Waals surface area contributed by atoms with Crippen LogP contribution in [0.25, 0.3) is 5.65 Å². The average molecular weight is 348 g/mol. The number of aromatic nitrogens is 2. The molecule has 1 N–H and O–H groups in total. The zero-order chi connectivity index (χ0) is 16.2. The Balaban J connectivity index is 1.48. The molecule has 0 fully saturated rings. The van der Waals surface area contributed by atoms with Crippen molar-refractivity contribution in [2.24, 2.45) is 0 Å². The lowest BCUT2D eigenvalue weighted by molar-refractivity contribution is -0.121. The second-order valence-corrected chi connectivity index (χ2v) is 6.72. The molecule has 0 aliphatic rings. The fraction of sp³-hybridized carbons (Fsp3) is 0.188. The maximum atomic E-state index is 11.9. The number of halogens is 1. The number of fused-ring (bicyclic) bond motifs is 1. The zero-order valence-corrected chi connectivity index (χ0v) is 13.7. The third kappa shape index (κ3) is 3.97. The Bertz CT molecular complexity index is 823. The van der Waals surface area contributed by atoms with E-state index in [1.54, 1.807) is 12.1 Å². The molecule has 7 heteroatoms. The van der Waals surface area contributed by atoms with Gasteiger partial charge in [-0.25, -0.2) is 4.98 Å². The van der Waals surface area contributed by atoms with Crippen molar-refractivity contribution in [1.82, 2.24) is 14.7 Å². The van der Waals surface area contributed by atoms with Crippen molar-refractivity contribution < 1.29 is 9.59 Å². The van der Waals surface area contributed by atoms with Crippen LogP contribution < -0.4 is 5.32 Å². The summed E-state index contributed by atoms with van der Waals surface area (Å²) >= 11 is 7.03. The Labute approximate surface area is 141 Å². The first-order chi connectivity index (χ1) is 11.1. The van der Waals surface area contributed by atoms with Gasteiger partial charge >= 0.3 is 0 Å². The lowest BCUT2D eigenvalue weighted by Crippen LogP contribution is -2.23. The molecular weight excluding hydrogens is 334 g/mol. The molecular formula is C16H14ClN3O2S. The SMILES string of the molecule is O=C(CCC(=O)c1ccc(Cl)s1)NCc1cn2ccccc2n1. The summed E-state index contributed by atoms with van der Waals surface area (Å²) in [6.45, 7) is 0.347. The van der Waals surface area contributed by atoms with Crippen molar-refractivity contribution >= 4 is 40.3 Å². The topological polar surface area (TPSA) is 63.5 Å². The highest BCUT2D eigenvalue weighted by Gasteiger charge is 2.11. The summed E-state index contributed by atoms with van der Waals surface area (Å²) in [6, 6.07) is 9.09. The molecule has 0 radical (unpaired) electrons. The van der Waals surface area contributed by atoms with Gasteiger partial charge in [0.15, 0.2) is 5.78 Å². The number of pyridine rings is 1. The second-order valence-electron chi connectivity index (χ2n) is 5.00. The van der Waals surface area contributed by atoms with Crippen molar-refractivity contribution in [3.05, 3.63) is 57.6 Å². The van der Waals surface area contributed by atoms with Crippen LogP contribution in [-0.4, -0.2) is 21.1 Å². The number of hydrogen-bond acceptors (Lipinski definition) is 4. The summed E-state index contributed by atoms with van der Waals surface area (Å²) in [7, 11) is 0. The average Bonchev–Trinajstić information content (AvgIpc) is 3.16. The number of ketones is 1. The molecule has 0 aromatic carbocycles. The van der Waals surface area contributed by atoms with Crippen LogP contribution in [0.4, 0.5) is 0 Å². The molecule has 5 nitrogen and oxygen atoms in total. The van der Waals surface area contributed by atoms with Gasteiger partial charge in [0, 0.05) is 25.2 Å². The third-order valence-corrected chi connectivity index (χ3v) is 4.58. The predicted octanol–water partition coefficient (Wildman–Crippen LogP) is 3.33. The number of nitrogens with one attached hydrogen (secondary N) is 1. The zero-order valence-electron chi connectivity index (χ0n) is 12.2. The van der Waals surface area contributed by atoms with Gasteiger partial charge in [-0.1, -0.05) is 17.7 Å². The Morgan fingerprint density at radius 1 is 1.22 bits per heavy atom. The summed E-state index contributed by atoms with van der Waals surface area (Å²) in [6.07, 6.45) is 4.10. The van der Waals surface area contributed by atoms with E-state index in [-0.39, 0.29) is 24.5 Å². The molecule has 0 saturated carbocycles. The Hall–Kier alpha value is -2.18. The van der Waals surface area contributed by atoms with Gasteiger partial charge in [-0.3, -0.25) is 9.59 Å². The van der Waals surface area contributed by atoms with E-state index >= 15 is 0 Å². The van der Waals surface area contributed by atoms with Crippen molar-refractivity contribution in [1.29, 1.82) is 0 Å². The van der Waals surface area contributed by atoms with Crippen LogP contribution in [0, 0.1) is 0 Å². The van der Waals surface area contributed by atoms with Gasteiger partial charge in [0.1, 0.15) is 5.65 Å². The number of nitrogens with zero attached hydrogens (tertiary/aromatic N) is 2. The van der Waals surface area contributed by atoms with Crippen molar-refractivity contribution in [3.8, 4) is 0 Å². The van der Waals surface area contributed by atoms with E-state index in [1.165, 1.54) is 11.3 Å². The fourth-order valence-electron chi connectivity index (χ4n) is 2.16. The quantitative estimate of drug-likeness (QED) is 0.696. The molecule has 0 saturated heterocycles. The first-order valence-corrected chi connectivity index (χ1v) is 8.29. The van der Waals surface area contributed by atoms with Crippen LogP contribution in [-0.2, 0) is 11.3 Å². The van der Waals surface area contributed by atoms with E-state index in [2.05, 4.69) is 10.3 Å². The number of Topliss-reactive ketones (excluding diaryl/α,β-unsaturated/α-hetero) is 1. The maximum Gasteiger partial charge on any atom is 0.220 e. The minimum Gasteiger partial charge on any atom is -0.350 e. The smallest absolute Gasteiger partial charge is 0.220 e. The number of amides is 1. The standard InChI is InChI=1S/C16H14ClN3O2S/c17-14-6-5-13(23-14)12(21)4-7-16(22)18-9-11-10-20-8-2-1-3-15(20)19-11/h1-3,5-6,8,10H,4,7,9H2,(H,18,22). The molecule has 3 aromatic heterocycles. The monoisotopic (exact) mass is 347 g/mol. The van der Waals surface area contributed by atoms with Crippen molar-refractivity contribution in [3.63, 3.8) is 0 Å². The van der Waals surface area contributed by atoms with Crippen LogP contribution in [0.5, 0.6) is 0 Å². The lowest BCUT2D eigenvalue weighted by Gasteiger charge is -2.02. The summed E-state index contributed by atoms with van der Waals surface area (Å²) in [5, 5.41) is 2.78. The Kier molecular flexibility index (Phi) is 4.73. The molecule has 1 amide bonds. The summed E-state index contributed by atoms with van der Waals surface area (Å²) < 4.78 is 2.47. The van der Waals surface area contributed by atoms with Crippen LogP contribution in [0.15, 0.2) is 42.7 Å². The number of carbonyl (C=O) groups excluding carboxylic acids is 2. The van der Waals surface area contributed by atoms with Gasteiger partial charge in [-0.2, -0.15) is 0 Å². The van der Waals surface area contributed by atoms with E-state index < -0.39 is 0 Å². The van der Waals surface area contributed by atoms with E-state index in [0.29, 0.717) is 15.8 Å². The number of thiophene rings is 1. The van der Waals surface area contributed by atoms with Gasteiger partial charge < -0.3 is 9.72 Å². The lowest BCUT2D eigenvalue weighted by atomic mass is 10.2. The third-order valence-electron chi connectivity index (χ3n) is 3.31. The van der Waals surface area contributed by atoms with Gasteiger partial charge in [-0.15, -0.1) is 11.3 Å². The van der Waals surface area contributed by atoms with Gasteiger partial charge in [0.25, 0.3) is 0 Å². The van der Waals surface area contributed by atoms with Crippen molar-refractivity contribution in [2.75, 3.05) is 0 Å².